The van der Waals surface area contributed by atoms with Gasteiger partial charge in [0.25, 0.3) is 17.0 Å². The molecule has 2 fully saturated rings. The SMILES string of the molecule is Cc1nn(C2CCC(=O)NC2=O)c(=O)c2ccc(NCCCCCC(=O)N3CCC(COc4cnc(-c5cccc(Cn6nc(-c7cccc(C#N)c7)ccc6=O)c5)nc4)CC3)cc12. The van der Waals surface area contributed by atoms with Crippen LogP contribution in [0.3, 0.4) is 0 Å². The van der Waals surface area contributed by atoms with Crippen molar-refractivity contribution in [2.24, 2.45) is 5.92 Å². The van der Waals surface area contributed by atoms with Crippen molar-refractivity contribution in [1.29, 1.82) is 5.26 Å². The Morgan fingerprint density at radius 1 is 0.875 bits per heavy atom. The molecule has 0 radical (unpaired) electrons. The molecule has 64 heavy (non-hydrogen) atoms. The van der Waals surface area contributed by atoms with Gasteiger partial charge >= 0.3 is 0 Å². The Labute approximate surface area is 368 Å². The molecule has 0 aliphatic carbocycles. The maximum Gasteiger partial charge on any atom is 0.275 e. The van der Waals surface area contributed by atoms with Gasteiger partial charge in [0.2, 0.25) is 11.8 Å². The van der Waals surface area contributed by atoms with Crippen LogP contribution in [0.1, 0.15) is 74.2 Å². The number of likely N-dealkylation sites (tertiary alicyclic amines) is 1. The van der Waals surface area contributed by atoms with Gasteiger partial charge in [0.1, 0.15) is 6.04 Å². The van der Waals surface area contributed by atoms with Crippen molar-refractivity contribution in [2.45, 2.75) is 70.9 Å². The molecule has 3 aromatic heterocycles. The van der Waals surface area contributed by atoms with Crippen LogP contribution in [0, 0.1) is 24.2 Å². The van der Waals surface area contributed by atoms with E-state index < -0.39 is 11.9 Å². The summed E-state index contributed by atoms with van der Waals surface area (Å²) in [7, 11) is 0. The number of hydrogen-bond donors (Lipinski definition) is 2. The number of carbonyl (C=O) groups is 3. The number of rotatable bonds is 15. The summed E-state index contributed by atoms with van der Waals surface area (Å²) in [4.78, 5) is 73.9. The van der Waals surface area contributed by atoms with Gasteiger partial charge in [-0.05, 0) is 93.0 Å². The molecule has 5 heterocycles. The number of unbranched alkanes of at least 4 members (excludes halogenated alkanes) is 2. The fourth-order valence-electron chi connectivity index (χ4n) is 8.17. The summed E-state index contributed by atoms with van der Waals surface area (Å²) in [5.41, 5.74) is 4.41. The Morgan fingerprint density at radius 2 is 1.67 bits per heavy atom. The van der Waals surface area contributed by atoms with Gasteiger partial charge in [0.05, 0.1) is 54.0 Å². The topological polar surface area (TPSA) is 207 Å². The van der Waals surface area contributed by atoms with Gasteiger partial charge in [-0.15, -0.1) is 0 Å². The van der Waals surface area contributed by atoms with Crippen LogP contribution >= 0.6 is 0 Å². The van der Waals surface area contributed by atoms with Crippen LogP contribution in [0.15, 0.2) is 101 Å². The van der Waals surface area contributed by atoms with E-state index in [0.717, 1.165) is 54.5 Å². The van der Waals surface area contributed by atoms with Gasteiger partial charge in [-0.3, -0.25) is 29.3 Å². The number of nitrogens with zero attached hydrogens (tertiary/aromatic N) is 8. The number of ether oxygens (including phenoxy) is 1. The van der Waals surface area contributed by atoms with E-state index in [9.17, 15) is 29.2 Å². The molecule has 3 amide bonds. The summed E-state index contributed by atoms with van der Waals surface area (Å²) in [6.45, 7) is 4.69. The highest BCUT2D eigenvalue weighted by molar-refractivity contribution is 5.99. The van der Waals surface area contributed by atoms with Crippen LogP contribution in [0.5, 0.6) is 5.75 Å². The Balaban J connectivity index is 0.738. The van der Waals surface area contributed by atoms with Crippen molar-refractivity contribution in [3.8, 4) is 34.5 Å². The van der Waals surface area contributed by atoms with Crippen molar-refractivity contribution in [2.75, 3.05) is 31.6 Å². The van der Waals surface area contributed by atoms with Crippen molar-refractivity contribution < 1.29 is 19.1 Å². The van der Waals surface area contributed by atoms with E-state index in [-0.39, 0.29) is 42.3 Å². The molecule has 16 nitrogen and oxygen atoms in total. The molecule has 16 heteroatoms. The van der Waals surface area contributed by atoms with E-state index >= 15 is 0 Å². The average Bonchev–Trinajstić information content (AvgIpc) is 3.32. The Hall–Kier alpha value is -7.54. The summed E-state index contributed by atoms with van der Waals surface area (Å²) in [6.07, 6.45) is 8.55. The monoisotopic (exact) mass is 860 g/mol. The third-order valence-corrected chi connectivity index (χ3v) is 11.8. The van der Waals surface area contributed by atoms with Gasteiger partial charge < -0.3 is 15.0 Å². The minimum Gasteiger partial charge on any atom is -0.490 e. The molecule has 1 atom stereocenters. The average molecular weight is 861 g/mol. The zero-order chi connectivity index (χ0) is 44.6. The molecular formula is C48H48N10O6. The maximum absolute atomic E-state index is 13.2. The number of nitriles is 1. The highest BCUT2D eigenvalue weighted by Crippen LogP contribution is 2.25. The Bertz CT molecular complexity index is 2860. The normalized spacial score (nSPS) is 15.4. The first-order valence-electron chi connectivity index (χ1n) is 21.6. The third kappa shape index (κ3) is 10.2. The summed E-state index contributed by atoms with van der Waals surface area (Å²) in [6, 6.07) is 24.7. The predicted molar refractivity (Wildman–Crippen MR) is 239 cm³/mol. The number of imide groups is 1. The van der Waals surface area contributed by atoms with E-state index in [2.05, 4.69) is 36.9 Å². The molecule has 2 N–H and O–H groups in total. The number of piperidine rings is 2. The lowest BCUT2D eigenvalue weighted by Crippen LogP contribution is -2.45. The van der Waals surface area contributed by atoms with Gasteiger partial charge in [-0.25, -0.2) is 19.3 Å². The van der Waals surface area contributed by atoms with Crippen LogP contribution in [0.25, 0.3) is 33.4 Å². The molecule has 0 saturated carbocycles. The van der Waals surface area contributed by atoms with Gasteiger partial charge in [0, 0.05) is 60.7 Å². The number of nitrogens with one attached hydrogen (secondary N) is 2. The molecule has 6 aromatic rings. The lowest BCUT2D eigenvalue weighted by molar-refractivity contribution is -0.136. The molecule has 0 bridgehead atoms. The lowest BCUT2D eigenvalue weighted by atomic mass is 9.97. The largest absolute Gasteiger partial charge is 0.490 e. The third-order valence-electron chi connectivity index (χ3n) is 11.8. The van der Waals surface area contributed by atoms with E-state index in [1.54, 1.807) is 49.6 Å². The summed E-state index contributed by atoms with van der Waals surface area (Å²) in [5, 5.41) is 25.1. The Kier molecular flexibility index (Phi) is 13.2. The van der Waals surface area contributed by atoms with E-state index in [0.29, 0.717) is 77.9 Å². The van der Waals surface area contributed by atoms with Crippen molar-refractivity contribution in [1.82, 2.24) is 39.7 Å². The van der Waals surface area contributed by atoms with Gasteiger partial charge in [-0.1, -0.05) is 36.8 Å². The Morgan fingerprint density at radius 3 is 2.47 bits per heavy atom. The molecule has 2 aliphatic heterocycles. The number of fused-ring (bicyclic) bond motifs is 1. The zero-order valence-electron chi connectivity index (χ0n) is 35.5. The van der Waals surface area contributed by atoms with Crippen LogP contribution in [-0.4, -0.2) is 78.4 Å². The quantitative estimate of drug-likeness (QED) is 0.0960. The highest BCUT2D eigenvalue weighted by Gasteiger charge is 2.30. The van der Waals surface area contributed by atoms with Crippen LogP contribution in [-0.2, 0) is 20.9 Å². The number of benzene rings is 3. The summed E-state index contributed by atoms with van der Waals surface area (Å²) < 4.78 is 8.67. The molecule has 0 spiro atoms. The first kappa shape index (κ1) is 43.1. The second kappa shape index (κ2) is 19.7. The van der Waals surface area contributed by atoms with Crippen molar-refractivity contribution in [3.05, 3.63) is 129 Å². The second-order valence-corrected chi connectivity index (χ2v) is 16.3. The smallest absolute Gasteiger partial charge is 0.275 e. The molecule has 3 aromatic carbocycles. The number of amides is 3. The van der Waals surface area contributed by atoms with E-state index in [4.69, 9.17) is 4.74 Å². The standard InChI is InChI=1S/C48H48N10O6/c1-31-40-25-37(12-13-39(40)48(63)58(54-31)42-15-16-43(59)53-47(42)62)50-20-4-2-3-11-44(60)56-21-18-32(19-22-56)30-64-38-27-51-46(52-28-38)36-10-6-8-34(24-36)29-57-45(61)17-14-41(55-57)35-9-5-7-33(23-35)26-49/h5-10,12-14,17,23-25,27-28,32,42,50H,2-4,11,15-16,18-22,29-30H2,1H3,(H,53,59,62). The number of aromatic nitrogens is 6. The lowest BCUT2D eigenvalue weighted by Gasteiger charge is -2.32. The van der Waals surface area contributed by atoms with Crippen LogP contribution < -0.4 is 26.5 Å². The summed E-state index contributed by atoms with van der Waals surface area (Å²) >= 11 is 0. The minimum absolute atomic E-state index is 0.164. The van der Waals surface area contributed by atoms with Crippen molar-refractivity contribution >= 4 is 34.2 Å². The van der Waals surface area contributed by atoms with Crippen LogP contribution in [0.2, 0.25) is 0 Å². The minimum atomic E-state index is -0.809. The fourth-order valence-corrected chi connectivity index (χ4v) is 8.17. The van der Waals surface area contributed by atoms with Crippen LogP contribution in [0.4, 0.5) is 5.69 Å². The zero-order valence-corrected chi connectivity index (χ0v) is 35.5. The molecule has 2 aliphatic rings. The second-order valence-electron chi connectivity index (χ2n) is 16.3. The fraction of sp³-hybridized carbons (Fsp3) is 0.333. The first-order valence-corrected chi connectivity index (χ1v) is 21.6. The molecular weight excluding hydrogens is 813 g/mol. The van der Waals surface area contributed by atoms with E-state index in [1.165, 1.54) is 15.4 Å². The maximum atomic E-state index is 13.2. The van der Waals surface area contributed by atoms with Gasteiger partial charge in [0.15, 0.2) is 11.6 Å². The number of aryl methyl sites for hydroxylation is 1. The number of hydrogen-bond acceptors (Lipinski definition) is 12. The molecule has 1 unspecified atom stereocenters. The highest BCUT2D eigenvalue weighted by atomic mass is 16.5. The molecule has 2 saturated heterocycles. The van der Waals surface area contributed by atoms with Gasteiger partial charge in [-0.2, -0.15) is 15.5 Å². The summed E-state index contributed by atoms with van der Waals surface area (Å²) in [5.74, 6) is 0.749. The molecule has 326 valence electrons. The number of carbonyl (C=O) groups excluding carboxylic acids is 3. The molecule has 8 rings (SSSR count). The van der Waals surface area contributed by atoms with Crippen molar-refractivity contribution in [3.63, 3.8) is 0 Å². The first-order chi connectivity index (χ1) is 31.1. The predicted octanol–water partition coefficient (Wildman–Crippen LogP) is 5.57. The van der Waals surface area contributed by atoms with E-state index in [1.807, 2.05) is 47.4 Å². The number of anilines is 1.